The van der Waals surface area contributed by atoms with Gasteiger partial charge in [0.1, 0.15) is 11.4 Å². The zero-order valence-corrected chi connectivity index (χ0v) is 17.8. The van der Waals surface area contributed by atoms with Crippen LogP contribution in [0.2, 0.25) is 0 Å². The largest absolute Gasteiger partial charge is 0.338 e. The first-order chi connectivity index (χ1) is 14.7. The first kappa shape index (κ1) is 18.6. The molecule has 30 heavy (non-hydrogen) atoms. The third-order valence-electron chi connectivity index (χ3n) is 8.22. The maximum Gasteiger partial charge on any atom is 0.243 e. The highest BCUT2D eigenvalue weighted by Gasteiger charge is 2.66. The van der Waals surface area contributed by atoms with E-state index in [1.165, 1.54) is 5.69 Å². The molecule has 6 heterocycles. The van der Waals surface area contributed by atoms with Crippen LogP contribution in [-0.2, 0) is 4.79 Å². The molecule has 0 N–H and O–H groups in total. The highest BCUT2D eigenvalue weighted by molar-refractivity contribution is 5.90. The van der Waals surface area contributed by atoms with Crippen LogP contribution in [0.5, 0.6) is 0 Å². The fraction of sp³-hybridized carbons (Fsp3) is 0.583. The van der Waals surface area contributed by atoms with Crippen molar-refractivity contribution in [2.45, 2.75) is 49.7 Å². The van der Waals surface area contributed by atoms with E-state index in [9.17, 15) is 4.79 Å². The van der Waals surface area contributed by atoms with E-state index in [-0.39, 0.29) is 5.54 Å². The molecule has 1 spiro atoms. The van der Waals surface area contributed by atoms with Gasteiger partial charge >= 0.3 is 0 Å². The van der Waals surface area contributed by atoms with Gasteiger partial charge in [-0.05, 0) is 83.1 Å². The summed E-state index contributed by atoms with van der Waals surface area (Å²) in [7, 11) is 2.19. The number of hydrogen-bond acceptors (Lipinski definition) is 4. The molecule has 6 nitrogen and oxygen atoms in total. The number of likely N-dealkylation sites (tertiary alicyclic amines) is 2. The van der Waals surface area contributed by atoms with Gasteiger partial charge in [0.05, 0.1) is 6.04 Å². The average molecular weight is 406 g/mol. The predicted octanol–water partition coefficient (Wildman–Crippen LogP) is 2.70. The standard InChI is InChI=1S/C24H31N5O/c1-26-14-8-19(9-15-26)28-17-18-16-21(29-13-5-10-24(18,29)23(28)30)20-6-4-12-27(20)22-7-2-3-11-25-22/h2-4,6-7,11-12,18-19,21H,5,8-10,13-17H2,1H3/t18-,21-,24-/m0/s1. The summed E-state index contributed by atoms with van der Waals surface area (Å²) < 4.78 is 2.22. The van der Waals surface area contributed by atoms with Crippen LogP contribution in [0, 0.1) is 5.92 Å². The van der Waals surface area contributed by atoms with Gasteiger partial charge in [0, 0.05) is 36.6 Å². The molecule has 4 fully saturated rings. The Kier molecular flexibility index (Phi) is 4.29. The van der Waals surface area contributed by atoms with E-state index < -0.39 is 0 Å². The van der Waals surface area contributed by atoms with Crippen LogP contribution in [0.1, 0.15) is 43.8 Å². The van der Waals surface area contributed by atoms with Gasteiger partial charge in [-0.2, -0.15) is 0 Å². The number of carbonyl (C=O) groups excluding carboxylic acids is 1. The lowest BCUT2D eigenvalue weighted by atomic mass is 9.85. The summed E-state index contributed by atoms with van der Waals surface area (Å²) >= 11 is 0. The topological polar surface area (TPSA) is 44.6 Å². The molecule has 4 saturated heterocycles. The summed E-state index contributed by atoms with van der Waals surface area (Å²) in [5.74, 6) is 1.84. The van der Waals surface area contributed by atoms with Crippen LogP contribution < -0.4 is 0 Å². The van der Waals surface area contributed by atoms with Crippen LogP contribution in [0.15, 0.2) is 42.7 Å². The number of rotatable bonds is 3. The van der Waals surface area contributed by atoms with Crippen molar-refractivity contribution in [2.75, 3.05) is 33.2 Å². The zero-order valence-electron chi connectivity index (χ0n) is 17.8. The molecule has 0 radical (unpaired) electrons. The molecule has 158 valence electrons. The van der Waals surface area contributed by atoms with Crippen molar-refractivity contribution in [3.05, 3.63) is 48.4 Å². The molecule has 0 bridgehead atoms. The zero-order chi connectivity index (χ0) is 20.3. The number of hydrogen-bond donors (Lipinski definition) is 0. The van der Waals surface area contributed by atoms with E-state index in [1.807, 2.05) is 18.3 Å². The van der Waals surface area contributed by atoms with Crippen LogP contribution in [0.3, 0.4) is 0 Å². The molecule has 4 aliphatic heterocycles. The molecule has 2 aromatic rings. The van der Waals surface area contributed by atoms with Crippen LogP contribution >= 0.6 is 0 Å². The van der Waals surface area contributed by atoms with Crippen molar-refractivity contribution in [3.8, 4) is 5.82 Å². The Morgan fingerprint density at radius 1 is 1.10 bits per heavy atom. The Labute approximate surface area is 178 Å². The smallest absolute Gasteiger partial charge is 0.243 e. The third kappa shape index (κ3) is 2.56. The van der Waals surface area contributed by atoms with E-state index in [0.29, 0.717) is 23.9 Å². The van der Waals surface area contributed by atoms with Gasteiger partial charge in [-0.1, -0.05) is 6.07 Å². The second-order valence-electron chi connectivity index (χ2n) is 9.65. The van der Waals surface area contributed by atoms with Crippen LogP contribution in [0.25, 0.3) is 5.82 Å². The number of nitrogens with zero attached hydrogens (tertiary/aromatic N) is 5. The maximum absolute atomic E-state index is 13.9. The van der Waals surface area contributed by atoms with Gasteiger partial charge < -0.3 is 14.4 Å². The molecular formula is C24H31N5O. The monoisotopic (exact) mass is 405 g/mol. The van der Waals surface area contributed by atoms with Gasteiger partial charge in [-0.3, -0.25) is 9.69 Å². The van der Waals surface area contributed by atoms with Crippen molar-refractivity contribution in [1.29, 1.82) is 0 Å². The van der Waals surface area contributed by atoms with Crippen molar-refractivity contribution in [2.24, 2.45) is 5.92 Å². The first-order valence-electron chi connectivity index (χ1n) is 11.5. The predicted molar refractivity (Wildman–Crippen MR) is 115 cm³/mol. The lowest BCUT2D eigenvalue weighted by molar-refractivity contribution is -0.139. The molecule has 6 heteroatoms. The number of amides is 1. The maximum atomic E-state index is 13.9. The molecule has 4 aliphatic rings. The highest BCUT2D eigenvalue weighted by atomic mass is 16.2. The van der Waals surface area contributed by atoms with E-state index in [4.69, 9.17) is 0 Å². The van der Waals surface area contributed by atoms with Gasteiger partial charge in [0.25, 0.3) is 0 Å². The normalized spacial score (nSPS) is 32.7. The minimum Gasteiger partial charge on any atom is -0.338 e. The Morgan fingerprint density at radius 2 is 1.97 bits per heavy atom. The van der Waals surface area contributed by atoms with E-state index in [1.54, 1.807) is 0 Å². The minimum atomic E-state index is -0.257. The van der Waals surface area contributed by atoms with E-state index >= 15 is 0 Å². The minimum absolute atomic E-state index is 0.257. The fourth-order valence-corrected chi connectivity index (χ4v) is 6.80. The highest BCUT2D eigenvalue weighted by Crippen LogP contribution is 2.56. The molecule has 0 aromatic carbocycles. The number of piperidine rings is 1. The summed E-state index contributed by atoms with van der Waals surface area (Å²) in [4.78, 5) is 25.7. The first-order valence-corrected chi connectivity index (χ1v) is 11.5. The molecular weight excluding hydrogens is 374 g/mol. The SMILES string of the molecule is CN1CCC(N2C[C@@H]3C[C@@H](c4cccn4-c4ccccn4)N4CCC[C@@]34C2=O)CC1. The van der Waals surface area contributed by atoms with Gasteiger partial charge in [0.2, 0.25) is 5.91 Å². The Morgan fingerprint density at radius 3 is 2.77 bits per heavy atom. The van der Waals surface area contributed by atoms with Gasteiger partial charge in [-0.25, -0.2) is 4.98 Å². The van der Waals surface area contributed by atoms with Gasteiger partial charge in [-0.15, -0.1) is 0 Å². The Balaban J connectivity index is 1.30. The van der Waals surface area contributed by atoms with Crippen LogP contribution in [0.4, 0.5) is 0 Å². The molecule has 2 aromatic heterocycles. The third-order valence-corrected chi connectivity index (χ3v) is 8.22. The summed E-state index contributed by atoms with van der Waals surface area (Å²) in [6.07, 6.45) is 9.44. The molecule has 0 aliphatic carbocycles. The summed E-state index contributed by atoms with van der Waals surface area (Å²) in [5.41, 5.74) is 1.02. The lowest BCUT2D eigenvalue weighted by Gasteiger charge is -2.38. The van der Waals surface area contributed by atoms with E-state index in [2.05, 4.69) is 55.7 Å². The summed E-state index contributed by atoms with van der Waals surface area (Å²) in [5, 5.41) is 0. The second kappa shape index (κ2) is 6.92. The van der Waals surface area contributed by atoms with Crippen molar-refractivity contribution >= 4 is 5.91 Å². The van der Waals surface area contributed by atoms with Crippen molar-refractivity contribution in [1.82, 2.24) is 24.3 Å². The number of aromatic nitrogens is 2. The Hall–Kier alpha value is -2.18. The molecule has 6 rings (SSSR count). The molecule has 3 atom stereocenters. The number of carbonyl (C=O) groups is 1. The van der Waals surface area contributed by atoms with Gasteiger partial charge in [0.15, 0.2) is 0 Å². The average Bonchev–Trinajstić information content (AvgIpc) is 3.52. The van der Waals surface area contributed by atoms with Crippen LogP contribution in [-0.4, -0.2) is 75.0 Å². The molecule has 0 saturated carbocycles. The molecule has 1 amide bonds. The van der Waals surface area contributed by atoms with Crippen molar-refractivity contribution in [3.63, 3.8) is 0 Å². The fourth-order valence-electron chi connectivity index (χ4n) is 6.80. The Bertz CT molecular complexity index is 934. The van der Waals surface area contributed by atoms with Crippen molar-refractivity contribution < 1.29 is 4.79 Å². The lowest BCUT2D eigenvalue weighted by Crippen LogP contribution is -2.52. The quantitative estimate of drug-likeness (QED) is 0.788. The molecule has 0 unspecified atom stereocenters. The summed E-state index contributed by atoms with van der Waals surface area (Å²) in [6.45, 7) is 4.19. The number of pyridine rings is 1. The second-order valence-corrected chi connectivity index (χ2v) is 9.65. The van der Waals surface area contributed by atoms with E-state index in [0.717, 1.165) is 64.1 Å². The summed E-state index contributed by atoms with van der Waals surface area (Å²) in [6, 6.07) is 11.1.